The lowest BCUT2D eigenvalue weighted by Crippen LogP contribution is -2.48. The van der Waals surface area contributed by atoms with Gasteiger partial charge < -0.3 is 14.4 Å². The Hall–Kier alpha value is -2.83. The second-order valence-corrected chi connectivity index (χ2v) is 7.88. The van der Waals surface area contributed by atoms with Crippen LogP contribution in [0, 0.1) is 0 Å². The normalized spacial score (nSPS) is 19.0. The van der Waals surface area contributed by atoms with Crippen molar-refractivity contribution in [2.45, 2.75) is 26.1 Å². The zero-order chi connectivity index (χ0) is 21.3. The lowest BCUT2D eigenvalue weighted by molar-refractivity contribution is -0.0588. The molecule has 30 heavy (non-hydrogen) atoms. The summed E-state index contributed by atoms with van der Waals surface area (Å²) in [5, 5.41) is 5.32. The zero-order valence-electron chi connectivity index (χ0n) is 17.2. The number of ether oxygens (including phenoxy) is 2. The van der Waals surface area contributed by atoms with Crippen molar-refractivity contribution >= 4 is 17.5 Å². The van der Waals surface area contributed by atoms with Crippen LogP contribution in [0.5, 0.6) is 5.75 Å². The zero-order valence-corrected chi connectivity index (χ0v) is 18.0. The molecule has 0 aliphatic carbocycles. The number of methoxy groups -OCH3 is 1. The van der Waals surface area contributed by atoms with Gasteiger partial charge in [0, 0.05) is 18.7 Å². The minimum Gasteiger partial charge on any atom is -0.497 e. The van der Waals surface area contributed by atoms with Gasteiger partial charge in [-0.3, -0.25) is 4.79 Å². The first-order valence-electron chi connectivity index (χ1n) is 9.90. The number of rotatable bonds is 4. The van der Waals surface area contributed by atoms with Crippen molar-refractivity contribution < 1.29 is 14.3 Å². The fraction of sp³-hybridized carbons (Fsp3) is 0.304. The molecule has 0 saturated carbocycles. The molecule has 0 radical (unpaired) electrons. The molecule has 0 spiro atoms. The average Bonchev–Trinajstić information content (AvgIpc) is 3.18. The first kappa shape index (κ1) is 20.4. The van der Waals surface area contributed by atoms with Crippen molar-refractivity contribution in [1.29, 1.82) is 0 Å². The number of halogens is 1. The summed E-state index contributed by atoms with van der Waals surface area (Å²) in [6.45, 7) is 5.04. The fourth-order valence-electron chi connectivity index (χ4n) is 3.76. The fourth-order valence-corrected chi connectivity index (χ4v) is 3.99. The first-order chi connectivity index (χ1) is 14.5. The molecule has 6 nitrogen and oxygen atoms in total. The Labute approximate surface area is 181 Å². The average molecular weight is 426 g/mol. The quantitative estimate of drug-likeness (QED) is 0.619. The van der Waals surface area contributed by atoms with Crippen LogP contribution in [0.15, 0.2) is 54.6 Å². The Morgan fingerprint density at radius 3 is 2.40 bits per heavy atom. The van der Waals surface area contributed by atoms with Crippen molar-refractivity contribution in [3.8, 4) is 22.7 Å². The summed E-state index contributed by atoms with van der Waals surface area (Å²) in [6, 6.07) is 16.7. The number of carbonyl (C=O) groups excluding carboxylic acids is 1. The third-order valence-electron chi connectivity index (χ3n) is 5.10. The van der Waals surface area contributed by atoms with Gasteiger partial charge in [0.2, 0.25) is 0 Å². The van der Waals surface area contributed by atoms with Crippen LogP contribution in [-0.4, -0.2) is 53.0 Å². The summed E-state index contributed by atoms with van der Waals surface area (Å²) >= 11 is 6.39. The topological polar surface area (TPSA) is 56.6 Å². The number of hydrogen-bond donors (Lipinski definition) is 0. The van der Waals surface area contributed by atoms with Crippen molar-refractivity contribution in [1.82, 2.24) is 14.7 Å². The van der Waals surface area contributed by atoms with Crippen LogP contribution < -0.4 is 4.74 Å². The van der Waals surface area contributed by atoms with E-state index in [9.17, 15) is 4.79 Å². The molecule has 1 saturated heterocycles. The monoisotopic (exact) mass is 425 g/mol. The molecule has 1 fully saturated rings. The molecule has 2 unspecified atom stereocenters. The van der Waals surface area contributed by atoms with Crippen LogP contribution in [0.4, 0.5) is 0 Å². The third kappa shape index (κ3) is 4.06. The highest BCUT2D eigenvalue weighted by atomic mass is 35.5. The summed E-state index contributed by atoms with van der Waals surface area (Å²) in [6.07, 6.45) is -0.0313. The molecule has 0 bridgehead atoms. The third-order valence-corrected chi connectivity index (χ3v) is 5.43. The van der Waals surface area contributed by atoms with E-state index in [1.807, 2.05) is 67.3 Å². The maximum atomic E-state index is 13.5. The van der Waals surface area contributed by atoms with Crippen LogP contribution in [0.25, 0.3) is 16.9 Å². The van der Waals surface area contributed by atoms with Gasteiger partial charge in [-0.05, 0) is 50.2 Å². The molecule has 1 amide bonds. The molecular formula is C23H24ClN3O3. The van der Waals surface area contributed by atoms with Gasteiger partial charge in [0.15, 0.2) is 0 Å². The van der Waals surface area contributed by atoms with Crippen molar-refractivity contribution in [2.24, 2.45) is 0 Å². The van der Waals surface area contributed by atoms with Gasteiger partial charge in [-0.25, -0.2) is 4.68 Å². The van der Waals surface area contributed by atoms with Gasteiger partial charge >= 0.3 is 0 Å². The Morgan fingerprint density at radius 1 is 1.10 bits per heavy atom. The summed E-state index contributed by atoms with van der Waals surface area (Å²) in [7, 11) is 1.62. The van der Waals surface area contributed by atoms with Crippen LogP contribution in [0.3, 0.4) is 0 Å². The Bertz CT molecular complexity index is 1040. The van der Waals surface area contributed by atoms with Crippen LogP contribution in [0.2, 0.25) is 5.02 Å². The van der Waals surface area contributed by atoms with Crippen LogP contribution in [0.1, 0.15) is 24.3 Å². The molecule has 156 valence electrons. The van der Waals surface area contributed by atoms with Crippen LogP contribution >= 0.6 is 11.6 Å². The molecule has 7 heteroatoms. The molecule has 1 aliphatic heterocycles. The van der Waals surface area contributed by atoms with Gasteiger partial charge in [-0.1, -0.05) is 29.8 Å². The van der Waals surface area contributed by atoms with Gasteiger partial charge in [0.05, 0.1) is 35.7 Å². The van der Waals surface area contributed by atoms with E-state index in [4.69, 9.17) is 26.2 Å². The predicted molar refractivity (Wildman–Crippen MR) is 116 cm³/mol. The summed E-state index contributed by atoms with van der Waals surface area (Å²) in [4.78, 5) is 15.3. The van der Waals surface area contributed by atoms with Crippen molar-refractivity contribution in [3.05, 3.63) is 65.3 Å². The molecule has 1 aromatic heterocycles. The van der Waals surface area contributed by atoms with E-state index < -0.39 is 0 Å². The molecular weight excluding hydrogens is 402 g/mol. The summed E-state index contributed by atoms with van der Waals surface area (Å²) in [5.74, 6) is 0.652. The predicted octanol–water partition coefficient (Wildman–Crippen LogP) is 4.45. The standard InChI is InChI=1S/C23H24ClN3O3/c1-15-13-26(14-16(2)30-15)23(28)22-12-21(19-6-4-5-7-20(19)24)25-27(22)17-8-10-18(29-3)11-9-17/h4-12,15-16H,13-14H2,1-3H3. The second kappa shape index (κ2) is 8.50. The Balaban J connectivity index is 1.79. The molecule has 0 N–H and O–H groups in total. The van der Waals surface area contributed by atoms with Crippen molar-refractivity contribution in [3.63, 3.8) is 0 Å². The number of hydrogen-bond acceptors (Lipinski definition) is 4. The summed E-state index contributed by atoms with van der Waals surface area (Å²) < 4.78 is 12.7. The molecule has 3 aromatic rings. The first-order valence-corrected chi connectivity index (χ1v) is 10.3. The Kier molecular flexibility index (Phi) is 5.79. The highest BCUT2D eigenvalue weighted by Crippen LogP contribution is 2.29. The van der Waals surface area contributed by atoms with Crippen molar-refractivity contribution in [2.75, 3.05) is 20.2 Å². The number of carbonyl (C=O) groups is 1. The van der Waals surface area contributed by atoms with E-state index in [0.29, 0.717) is 29.5 Å². The largest absolute Gasteiger partial charge is 0.497 e. The molecule has 2 heterocycles. The van der Waals surface area contributed by atoms with Gasteiger partial charge in [-0.15, -0.1) is 0 Å². The van der Waals surface area contributed by atoms with Gasteiger partial charge in [0.25, 0.3) is 5.91 Å². The number of morpholine rings is 1. The lowest BCUT2D eigenvalue weighted by atomic mass is 10.1. The van der Waals surface area contributed by atoms with E-state index >= 15 is 0 Å². The number of aromatic nitrogens is 2. The summed E-state index contributed by atoms with van der Waals surface area (Å²) in [5.41, 5.74) is 2.68. The highest BCUT2D eigenvalue weighted by Gasteiger charge is 2.29. The molecule has 2 aromatic carbocycles. The van der Waals surface area contributed by atoms with E-state index in [0.717, 1.165) is 17.0 Å². The minimum atomic E-state index is -0.0846. The smallest absolute Gasteiger partial charge is 0.272 e. The lowest BCUT2D eigenvalue weighted by Gasteiger charge is -2.35. The number of amides is 1. The van der Waals surface area contributed by atoms with E-state index in [1.165, 1.54) is 0 Å². The molecule has 2 atom stereocenters. The maximum absolute atomic E-state index is 13.5. The SMILES string of the molecule is COc1ccc(-n2nc(-c3ccccc3Cl)cc2C(=O)N2CC(C)OC(C)C2)cc1. The van der Waals surface area contributed by atoms with E-state index in [2.05, 4.69) is 0 Å². The Morgan fingerprint density at radius 2 is 1.77 bits per heavy atom. The maximum Gasteiger partial charge on any atom is 0.272 e. The number of benzene rings is 2. The van der Waals surface area contributed by atoms with E-state index in [-0.39, 0.29) is 18.1 Å². The second-order valence-electron chi connectivity index (χ2n) is 7.47. The highest BCUT2D eigenvalue weighted by molar-refractivity contribution is 6.33. The number of nitrogens with zero attached hydrogens (tertiary/aromatic N) is 3. The minimum absolute atomic E-state index is 0.0157. The van der Waals surface area contributed by atoms with Gasteiger partial charge in [-0.2, -0.15) is 5.10 Å². The van der Waals surface area contributed by atoms with Gasteiger partial charge in [0.1, 0.15) is 11.4 Å². The molecule has 1 aliphatic rings. The van der Waals surface area contributed by atoms with E-state index in [1.54, 1.807) is 17.9 Å². The van der Waals surface area contributed by atoms with Crippen LogP contribution in [-0.2, 0) is 4.74 Å². The molecule has 4 rings (SSSR count).